The molecule has 2 atom stereocenters. The van der Waals surface area contributed by atoms with Gasteiger partial charge in [0.1, 0.15) is 0 Å². The topological polar surface area (TPSA) is 91.3 Å². The fourth-order valence-corrected chi connectivity index (χ4v) is 2.42. The summed E-state index contributed by atoms with van der Waals surface area (Å²) in [4.78, 5) is 27.0. The van der Waals surface area contributed by atoms with Crippen molar-refractivity contribution in [3.63, 3.8) is 0 Å². The van der Waals surface area contributed by atoms with Crippen LogP contribution in [-0.4, -0.2) is 28.1 Å². The number of aromatic nitrogens is 1. The van der Waals surface area contributed by atoms with Gasteiger partial charge in [0.2, 0.25) is 0 Å². The van der Waals surface area contributed by atoms with E-state index in [1.807, 2.05) is 0 Å². The van der Waals surface area contributed by atoms with E-state index in [0.717, 1.165) is 6.42 Å². The fraction of sp³-hybridized carbons (Fsp3) is 0.462. The van der Waals surface area contributed by atoms with Crippen molar-refractivity contribution in [3.05, 3.63) is 24.5 Å². The molecule has 1 aromatic heterocycles. The van der Waals surface area contributed by atoms with E-state index in [2.05, 4.69) is 15.6 Å². The van der Waals surface area contributed by atoms with Crippen LogP contribution in [0.2, 0.25) is 0 Å². The molecule has 2 unspecified atom stereocenters. The van der Waals surface area contributed by atoms with Crippen molar-refractivity contribution < 1.29 is 14.7 Å². The van der Waals surface area contributed by atoms with Gasteiger partial charge in [0, 0.05) is 12.2 Å². The largest absolute Gasteiger partial charge is 0.481 e. The molecule has 6 heteroatoms. The number of carboxylic acids is 1. The van der Waals surface area contributed by atoms with Crippen molar-refractivity contribution in [1.29, 1.82) is 0 Å². The Bertz CT molecular complexity index is 477. The van der Waals surface area contributed by atoms with E-state index in [4.69, 9.17) is 0 Å². The van der Waals surface area contributed by atoms with Crippen molar-refractivity contribution in [2.75, 3.05) is 5.32 Å². The molecule has 1 aliphatic rings. The second kappa shape index (κ2) is 5.26. The zero-order chi connectivity index (χ0) is 13.9. The highest BCUT2D eigenvalue weighted by Crippen LogP contribution is 2.38. The number of carbonyl (C=O) groups excluding carboxylic acids is 1. The summed E-state index contributed by atoms with van der Waals surface area (Å²) in [6.07, 6.45) is 5.22. The van der Waals surface area contributed by atoms with Gasteiger partial charge in [-0.05, 0) is 31.9 Å². The summed E-state index contributed by atoms with van der Waals surface area (Å²) in [5.41, 5.74) is -0.304. The molecule has 0 bridgehead atoms. The molecule has 2 rings (SSSR count). The molecule has 0 aliphatic heterocycles. The Morgan fingerprint density at radius 2 is 2.32 bits per heavy atom. The Balaban J connectivity index is 1.97. The molecule has 1 heterocycles. The Morgan fingerprint density at radius 1 is 1.53 bits per heavy atom. The van der Waals surface area contributed by atoms with Crippen LogP contribution >= 0.6 is 0 Å². The molecule has 1 aromatic rings. The minimum absolute atomic E-state index is 0.346. The van der Waals surface area contributed by atoms with Gasteiger partial charge < -0.3 is 15.7 Å². The third kappa shape index (κ3) is 2.83. The quantitative estimate of drug-likeness (QED) is 0.776. The van der Waals surface area contributed by atoms with Crippen molar-refractivity contribution in [2.45, 2.75) is 32.2 Å². The van der Waals surface area contributed by atoms with E-state index < -0.39 is 17.4 Å². The molecule has 102 valence electrons. The summed E-state index contributed by atoms with van der Waals surface area (Å²) in [6.45, 7) is 1.68. The molecule has 1 fully saturated rings. The second-order valence-electron chi connectivity index (χ2n) is 5.01. The molecular weight excluding hydrogens is 246 g/mol. The van der Waals surface area contributed by atoms with E-state index >= 15 is 0 Å². The van der Waals surface area contributed by atoms with Crippen LogP contribution in [0, 0.1) is 5.41 Å². The number of carboxylic acid groups (broad SMARTS) is 1. The highest BCUT2D eigenvalue weighted by molar-refractivity contribution is 5.90. The molecular formula is C13H17N3O3. The second-order valence-corrected chi connectivity index (χ2v) is 5.01. The fourth-order valence-electron chi connectivity index (χ4n) is 2.42. The van der Waals surface area contributed by atoms with Gasteiger partial charge in [-0.3, -0.25) is 9.78 Å². The van der Waals surface area contributed by atoms with Crippen molar-refractivity contribution >= 4 is 17.7 Å². The van der Waals surface area contributed by atoms with Gasteiger partial charge in [0.25, 0.3) is 0 Å². The van der Waals surface area contributed by atoms with E-state index in [0.29, 0.717) is 18.5 Å². The van der Waals surface area contributed by atoms with Gasteiger partial charge in [0.05, 0.1) is 17.3 Å². The predicted octanol–water partition coefficient (Wildman–Crippen LogP) is 1.85. The number of hydrogen-bond donors (Lipinski definition) is 3. The Hall–Kier alpha value is -2.11. The van der Waals surface area contributed by atoms with Crippen LogP contribution in [-0.2, 0) is 4.79 Å². The molecule has 0 saturated heterocycles. The number of urea groups is 1. The maximum atomic E-state index is 11.8. The van der Waals surface area contributed by atoms with Gasteiger partial charge >= 0.3 is 12.0 Å². The Labute approximate surface area is 111 Å². The van der Waals surface area contributed by atoms with Crippen LogP contribution in [0.3, 0.4) is 0 Å². The third-order valence-electron chi connectivity index (χ3n) is 3.67. The van der Waals surface area contributed by atoms with Crippen molar-refractivity contribution in [3.8, 4) is 0 Å². The van der Waals surface area contributed by atoms with Gasteiger partial charge in [-0.25, -0.2) is 4.79 Å². The first-order valence-electron chi connectivity index (χ1n) is 6.23. The van der Waals surface area contributed by atoms with E-state index in [1.54, 1.807) is 25.3 Å². The number of aliphatic carboxylic acids is 1. The summed E-state index contributed by atoms with van der Waals surface area (Å²) < 4.78 is 0. The standard InChI is InChI=1S/C13H17N3O3/c1-13(11(17)18)6-2-5-10(13)16-12(19)15-9-4-3-7-14-8-9/h3-4,7-8,10H,2,5-6H2,1H3,(H,17,18)(H2,15,16,19). The molecule has 0 aromatic carbocycles. The van der Waals surface area contributed by atoms with Gasteiger partial charge in [-0.2, -0.15) is 0 Å². The van der Waals surface area contributed by atoms with Crippen LogP contribution in [0.5, 0.6) is 0 Å². The average Bonchev–Trinajstić information content (AvgIpc) is 2.73. The highest BCUT2D eigenvalue weighted by atomic mass is 16.4. The Morgan fingerprint density at radius 3 is 2.95 bits per heavy atom. The number of amides is 2. The number of pyridine rings is 1. The molecule has 0 radical (unpaired) electrons. The van der Waals surface area contributed by atoms with Crippen molar-refractivity contribution in [1.82, 2.24) is 10.3 Å². The van der Waals surface area contributed by atoms with Crippen LogP contribution in [0.25, 0.3) is 0 Å². The lowest BCUT2D eigenvalue weighted by Gasteiger charge is -2.27. The monoisotopic (exact) mass is 263 g/mol. The van der Waals surface area contributed by atoms with Crippen LogP contribution in [0.4, 0.5) is 10.5 Å². The molecule has 0 spiro atoms. The minimum atomic E-state index is -0.883. The summed E-state index contributed by atoms with van der Waals surface area (Å²) in [5.74, 6) is -0.864. The minimum Gasteiger partial charge on any atom is -0.481 e. The lowest BCUT2D eigenvalue weighted by molar-refractivity contribution is -0.148. The summed E-state index contributed by atoms with van der Waals surface area (Å²) in [5, 5.41) is 14.6. The SMILES string of the molecule is CC1(C(=O)O)CCCC1NC(=O)Nc1cccnc1. The van der Waals surface area contributed by atoms with Crippen LogP contribution in [0.1, 0.15) is 26.2 Å². The van der Waals surface area contributed by atoms with Crippen LogP contribution < -0.4 is 10.6 Å². The first kappa shape index (κ1) is 13.3. The average molecular weight is 263 g/mol. The number of nitrogens with zero attached hydrogens (tertiary/aromatic N) is 1. The van der Waals surface area contributed by atoms with Crippen molar-refractivity contribution in [2.24, 2.45) is 5.41 Å². The lowest BCUT2D eigenvalue weighted by atomic mass is 9.85. The number of hydrogen-bond acceptors (Lipinski definition) is 3. The maximum Gasteiger partial charge on any atom is 0.319 e. The lowest BCUT2D eigenvalue weighted by Crippen LogP contribution is -2.48. The zero-order valence-corrected chi connectivity index (χ0v) is 10.7. The molecule has 1 aliphatic carbocycles. The molecule has 3 N–H and O–H groups in total. The highest BCUT2D eigenvalue weighted by Gasteiger charge is 2.45. The molecule has 1 saturated carbocycles. The van der Waals surface area contributed by atoms with E-state index in [-0.39, 0.29) is 6.04 Å². The Kier molecular flexibility index (Phi) is 3.69. The van der Waals surface area contributed by atoms with Gasteiger partial charge in [-0.15, -0.1) is 0 Å². The number of nitrogens with one attached hydrogen (secondary N) is 2. The molecule has 19 heavy (non-hydrogen) atoms. The van der Waals surface area contributed by atoms with E-state index in [1.165, 1.54) is 6.20 Å². The summed E-state index contributed by atoms with van der Waals surface area (Å²) in [7, 11) is 0. The van der Waals surface area contributed by atoms with Gasteiger partial charge in [0.15, 0.2) is 0 Å². The zero-order valence-electron chi connectivity index (χ0n) is 10.7. The first-order chi connectivity index (χ1) is 9.02. The number of anilines is 1. The molecule has 2 amide bonds. The molecule has 6 nitrogen and oxygen atoms in total. The predicted molar refractivity (Wildman–Crippen MR) is 69.8 cm³/mol. The van der Waals surface area contributed by atoms with Gasteiger partial charge in [-0.1, -0.05) is 6.42 Å². The third-order valence-corrected chi connectivity index (χ3v) is 3.67. The normalized spacial score (nSPS) is 25.8. The first-order valence-corrected chi connectivity index (χ1v) is 6.23. The number of rotatable bonds is 3. The van der Waals surface area contributed by atoms with E-state index in [9.17, 15) is 14.7 Å². The smallest absolute Gasteiger partial charge is 0.319 e. The number of carbonyl (C=O) groups is 2. The summed E-state index contributed by atoms with van der Waals surface area (Å²) >= 11 is 0. The summed E-state index contributed by atoms with van der Waals surface area (Å²) in [6, 6.07) is 2.69. The maximum absolute atomic E-state index is 11.8. The van der Waals surface area contributed by atoms with Crippen LogP contribution in [0.15, 0.2) is 24.5 Å².